The lowest BCUT2D eigenvalue weighted by molar-refractivity contribution is -0.141. The van der Waals surface area contributed by atoms with E-state index in [1.165, 1.54) is 6.92 Å². The average molecular weight is 422 g/mol. The van der Waals surface area contributed by atoms with Gasteiger partial charge in [0.2, 0.25) is 5.91 Å². The van der Waals surface area contributed by atoms with Crippen LogP contribution in [0.2, 0.25) is 10.0 Å². The van der Waals surface area contributed by atoms with Crippen LogP contribution in [0.5, 0.6) is 0 Å². The van der Waals surface area contributed by atoms with E-state index in [0.717, 1.165) is 18.4 Å². The van der Waals surface area contributed by atoms with E-state index < -0.39 is 5.97 Å². The topological polar surface area (TPSA) is 72.5 Å². The summed E-state index contributed by atoms with van der Waals surface area (Å²) < 4.78 is 5.06. The van der Waals surface area contributed by atoms with Crippen molar-refractivity contribution in [1.82, 2.24) is 5.32 Å². The smallest absolute Gasteiger partial charge is 0.310 e. The van der Waals surface area contributed by atoms with Crippen molar-refractivity contribution in [2.45, 2.75) is 26.2 Å². The molecule has 28 heavy (non-hydrogen) atoms. The van der Waals surface area contributed by atoms with Crippen LogP contribution >= 0.6 is 23.2 Å². The SMILES string of the molecule is CC(=O)NCCCc1ccc(C(=O)COC(=O)Cc2c(Cl)cccc2Cl)cc1. The van der Waals surface area contributed by atoms with Crippen LogP contribution in [0.1, 0.15) is 34.8 Å². The molecule has 0 saturated carbocycles. The highest BCUT2D eigenvalue weighted by Gasteiger charge is 2.14. The van der Waals surface area contributed by atoms with Gasteiger partial charge in [0.1, 0.15) is 0 Å². The third-order valence-electron chi connectivity index (χ3n) is 4.04. The molecule has 2 aromatic rings. The van der Waals surface area contributed by atoms with E-state index in [9.17, 15) is 14.4 Å². The molecule has 0 aliphatic carbocycles. The molecular weight excluding hydrogens is 401 g/mol. The van der Waals surface area contributed by atoms with Crippen LogP contribution in [0, 0.1) is 0 Å². The van der Waals surface area contributed by atoms with Gasteiger partial charge in [-0.3, -0.25) is 14.4 Å². The van der Waals surface area contributed by atoms with Gasteiger partial charge in [0.25, 0.3) is 0 Å². The molecule has 2 rings (SSSR count). The highest BCUT2D eigenvalue weighted by atomic mass is 35.5. The van der Waals surface area contributed by atoms with Gasteiger partial charge >= 0.3 is 5.97 Å². The van der Waals surface area contributed by atoms with Crippen molar-refractivity contribution in [2.24, 2.45) is 0 Å². The molecule has 0 bridgehead atoms. The Morgan fingerprint density at radius 3 is 2.25 bits per heavy atom. The van der Waals surface area contributed by atoms with E-state index in [1.54, 1.807) is 30.3 Å². The summed E-state index contributed by atoms with van der Waals surface area (Å²) in [5.41, 5.74) is 2.01. The van der Waals surface area contributed by atoms with Gasteiger partial charge in [-0.05, 0) is 30.5 Å². The molecule has 0 radical (unpaired) electrons. The number of amides is 1. The van der Waals surface area contributed by atoms with Gasteiger partial charge in [-0.1, -0.05) is 53.5 Å². The molecular formula is C21H21Cl2NO4. The summed E-state index contributed by atoms with van der Waals surface area (Å²) in [5.74, 6) is -0.909. The van der Waals surface area contributed by atoms with Crippen molar-refractivity contribution in [3.63, 3.8) is 0 Å². The number of carbonyl (C=O) groups is 3. The van der Waals surface area contributed by atoms with Crippen LogP contribution in [-0.2, 0) is 27.2 Å². The number of esters is 1. The minimum Gasteiger partial charge on any atom is -0.457 e. The van der Waals surface area contributed by atoms with Crippen LogP contribution in [0.25, 0.3) is 0 Å². The van der Waals surface area contributed by atoms with Crippen LogP contribution in [-0.4, -0.2) is 30.8 Å². The van der Waals surface area contributed by atoms with Crippen molar-refractivity contribution in [3.05, 3.63) is 69.2 Å². The molecule has 5 nitrogen and oxygen atoms in total. The summed E-state index contributed by atoms with van der Waals surface area (Å²) in [7, 11) is 0. The van der Waals surface area contributed by atoms with Crippen molar-refractivity contribution >= 4 is 40.9 Å². The standard InChI is InChI=1S/C21H21Cl2NO4/c1-14(25)24-11-3-4-15-7-9-16(10-8-15)20(26)13-28-21(27)12-17-18(22)5-2-6-19(17)23/h2,5-10H,3-4,11-13H2,1H3,(H,24,25). The number of ketones is 1. The molecule has 1 amide bonds. The zero-order valence-electron chi connectivity index (χ0n) is 15.5. The first kappa shape index (κ1) is 21.9. The Balaban J connectivity index is 1.81. The first-order chi connectivity index (χ1) is 13.4. The van der Waals surface area contributed by atoms with Gasteiger partial charge in [0.05, 0.1) is 6.42 Å². The van der Waals surface area contributed by atoms with Gasteiger partial charge in [-0.2, -0.15) is 0 Å². The largest absolute Gasteiger partial charge is 0.457 e. The van der Waals surface area contributed by atoms with Gasteiger partial charge in [-0.15, -0.1) is 0 Å². The maximum Gasteiger partial charge on any atom is 0.310 e. The van der Waals surface area contributed by atoms with Gasteiger partial charge in [-0.25, -0.2) is 0 Å². The number of benzene rings is 2. The van der Waals surface area contributed by atoms with Gasteiger partial charge < -0.3 is 10.1 Å². The number of halogens is 2. The van der Waals surface area contributed by atoms with Crippen LogP contribution < -0.4 is 5.32 Å². The molecule has 7 heteroatoms. The van der Waals surface area contributed by atoms with Crippen molar-refractivity contribution in [2.75, 3.05) is 13.2 Å². The van der Waals surface area contributed by atoms with E-state index in [-0.39, 0.29) is 24.7 Å². The molecule has 0 aliphatic heterocycles. The Bertz CT molecular complexity index is 830. The molecule has 0 aliphatic rings. The Morgan fingerprint density at radius 1 is 1.00 bits per heavy atom. The normalized spacial score (nSPS) is 10.4. The predicted molar refractivity (Wildman–Crippen MR) is 109 cm³/mol. The van der Waals surface area contributed by atoms with E-state index in [2.05, 4.69) is 5.32 Å². The fourth-order valence-corrected chi connectivity index (χ4v) is 3.07. The summed E-state index contributed by atoms with van der Waals surface area (Å²) in [6.45, 7) is 1.75. The second-order valence-corrected chi connectivity index (χ2v) is 7.06. The molecule has 0 atom stereocenters. The molecule has 2 aromatic carbocycles. The van der Waals surface area contributed by atoms with Crippen molar-refractivity contribution in [3.8, 4) is 0 Å². The first-order valence-electron chi connectivity index (χ1n) is 8.82. The minimum absolute atomic E-state index is 0.0488. The molecule has 0 unspecified atom stereocenters. The number of hydrogen-bond donors (Lipinski definition) is 1. The molecule has 0 saturated heterocycles. The molecule has 0 fully saturated rings. The summed E-state index contributed by atoms with van der Waals surface area (Å²) in [5, 5.41) is 3.50. The Labute approximate surface area is 174 Å². The number of carbonyl (C=O) groups excluding carboxylic acids is 3. The second kappa shape index (κ2) is 10.8. The van der Waals surface area contributed by atoms with Gasteiger partial charge in [0.15, 0.2) is 12.4 Å². The minimum atomic E-state index is -0.571. The third kappa shape index (κ3) is 6.98. The average Bonchev–Trinajstić information content (AvgIpc) is 2.66. The lowest BCUT2D eigenvalue weighted by atomic mass is 10.1. The molecule has 0 heterocycles. The highest BCUT2D eigenvalue weighted by Crippen LogP contribution is 2.24. The van der Waals surface area contributed by atoms with E-state index in [1.807, 2.05) is 12.1 Å². The van der Waals surface area contributed by atoms with Crippen molar-refractivity contribution in [1.29, 1.82) is 0 Å². The number of aryl methyl sites for hydroxylation is 1. The fourth-order valence-electron chi connectivity index (χ4n) is 2.54. The number of rotatable bonds is 9. The molecule has 148 valence electrons. The van der Waals surface area contributed by atoms with Crippen LogP contribution in [0.15, 0.2) is 42.5 Å². The molecule has 1 N–H and O–H groups in total. The monoisotopic (exact) mass is 421 g/mol. The quantitative estimate of drug-likeness (QED) is 0.376. The van der Waals surface area contributed by atoms with Crippen LogP contribution in [0.4, 0.5) is 0 Å². The molecule has 0 spiro atoms. The summed E-state index contributed by atoms with van der Waals surface area (Å²) in [6, 6.07) is 12.1. The number of Topliss-reactive ketones (excluding diaryl/α,β-unsaturated/α-hetero) is 1. The Hall–Kier alpha value is -2.37. The summed E-state index contributed by atoms with van der Waals surface area (Å²) in [4.78, 5) is 35.0. The molecule has 0 aromatic heterocycles. The van der Waals surface area contributed by atoms with Gasteiger partial charge in [0, 0.05) is 34.6 Å². The van der Waals surface area contributed by atoms with Crippen molar-refractivity contribution < 1.29 is 19.1 Å². The Morgan fingerprint density at radius 2 is 1.64 bits per heavy atom. The van der Waals surface area contributed by atoms with E-state index in [0.29, 0.717) is 27.7 Å². The predicted octanol–water partition coefficient (Wildman–Crippen LogP) is 4.03. The zero-order chi connectivity index (χ0) is 20.5. The summed E-state index contributed by atoms with van der Waals surface area (Å²) >= 11 is 12.1. The second-order valence-electron chi connectivity index (χ2n) is 6.24. The number of nitrogens with one attached hydrogen (secondary N) is 1. The maximum absolute atomic E-state index is 12.2. The lowest BCUT2D eigenvalue weighted by Gasteiger charge is -2.08. The fraction of sp³-hybridized carbons (Fsp3) is 0.286. The number of ether oxygens (including phenoxy) is 1. The van der Waals surface area contributed by atoms with E-state index >= 15 is 0 Å². The first-order valence-corrected chi connectivity index (χ1v) is 9.57. The number of hydrogen-bond acceptors (Lipinski definition) is 4. The zero-order valence-corrected chi connectivity index (χ0v) is 17.0. The third-order valence-corrected chi connectivity index (χ3v) is 4.75. The maximum atomic E-state index is 12.2. The van der Waals surface area contributed by atoms with Crippen LogP contribution in [0.3, 0.4) is 0 Å². The summed E-state index contributed by atoms with van der Waals surface area (Å²) in [6.07, 6.45) is 1.51. The highest BCUT2D eigenvalue weighted by molar-refractivity contribution is 6.36. The lowest BCUT2D eigenvalue weighted by Crippen LogP contribution is -2.21. The Kier molecular flexibility index (Phi) is 8.48. The van der Waals surface area contributed by atoms with E-state index in [4.69, 9.17) is 27.9 Å².